The Hall–Kier alpha value is -4.02. The van der Waals surface area contributed by atoms with E-state index in [4.69, 9.17) is 20.9 Å². The molecule has 0 aromatic heterocycles. The van der Waals surface area contributed by atoms with E-state index in [0.29, 0.717) is 48.4 Å². The second-order valence-electron chi connectivity index (χ2n) is 16.8. The molecule has 0 amide bonds. The van der Waals surface area contributed by atoms with E-state index in [2.05, 4.69) is 145 Å². The predicted octanol–water partition coefficient (Wildman–Crippen LogP) is 11.0. The highest BCUT2D eigenvalue weighted by molar-refractivity contribution is 5.65. The molecule has 0 saturated heterocycles. The van der Waals surface area contributed by atoms with Gasteiger partial charge in [0.15, 0.2) is 0 Å². The van der Waals surface area contributed by atoms with Crippen molar-refractivity contribution in [1.29, 1.82) is 0 Å². The molecule has 4 heteroatoms. The van der Waals surface area contributed by atoms with Crippen LogP contribution in [0.5, 0.6) is 11.5 Å². The van der Waals surface area contributed by atoms with Gasteiger partial charge in [0.2, 0.25) is 0 Å². The van der Waals surface area contributed by atoms with Gasteiger partial charge in [0.25, 0.3) is 0 Å². The fourth-order valence-corrected chi connectivity index (χ4v) is 5.31. The first kappa shape index (κ1) is 38.4. The Bertz CT molecular complexity index is 1530. The molecule has 0 saturated carbocycles. The van der Waals surface area contributed by atoms with Gasteiger partial charge in [-0.2, -0.15) is 0 Å². The first-order chi connectivity index (χ1) is 22.2. The zero-order chi connectivity index (χ0) is 36.1. The van der Waals surface area contributed by atoms with Gasteiger partial charge in [0, 0.05) is 34.6 Å². The maximum atomic E-state index is 6.59. The summed E-state index contributed by atoms with van der Waals surface area (Å²) >= 11 is 0. The fraction of sp³-hybridized carbons (Fsp3) is 0.500. The summed E-state index contributed by atoms with van der Waals surface area (Å²) in [6.45, 7) is 31.4. The van der Waals surface area contributed by atoms with Crippen molar-refractivity contribution in [3.63, 3.8) is 0 Å². The van der Waals surface area contributed by atoms with Crippen molar-refractivity contribution in [2.24, 2.45) is 10.8 Å². The van der Waals surface area contributed by atoms with Crippen molar-refractivity contribution < 1.29 is 9.47 Å². The Morgan fingerprint density at radius 2 is 0.750 bits per heavy atom. The highest BCUT2D eigenvalue weighted by Gasteiger charge is 2.19. The minimum atomic E-state index is -0.0440. The lowest BCUT2D eigenvalue weighted by atomic mass is 9.90. The van der Waals surface area contributed by atoms with E-state index in [0.717, 1.165) is 55.9 Å². The molecule has 3 aromatic carbocycles. The van der Waals surface area contributed by atoms with Gasteiger partial charge >= 0.3 is 0 Å². The van der Waals surface area contributed by atoms with Crippen LogP contribution in [0.2, 0.25) is 0 Å². The molecule has 4 N–H and O–H groups in total. The van der Waals surface area contributed by atoms with Crippen LogP contribution in [-0.4, -0.2) is 13.2 Å². The average Bonchev–Trinajstić information content (AvgIpc) is 2.96. The Morgan fingerprint density at radius 3 is 0.979 bits per heavy atom. The molecule has 0 fully saturated rings. The lowest BCUT2D eigenvalue weighted by Gasteiger charge is -2.22. The van der Waals surface area contributed by atoms with Gasteiger partial charge in [-0.3, -0.25) is 0 Å². The molecule has 0 aliphatic rings. The molecule has 0 aliphatic heterocycles. The van der Waals surface area contributed by atoms with E-state index in [1.165, 1.54) is 0 Å². The van der Waals surface area contributed by atoms with Crippen LogP contribution in [-0.2, 0) is 0 Å². The number of nitrogen functional groups attached to an aromatic ring is 2. The zero-order valence-corrected chi connectivity index (χ0v) is 32.2. The summed E-state index contributed by atoms with van der Waals surface area (Å²) in [4.78, 5) is 0. The fourth-order valence-electron chi connectivity index (χ4n) is 5.31. The largest absolute Gasteiger partial charge is 0.492 e. The van der Waals surface area contributed by atoms with Crippen LogP contribution in [0.25, 0.3) is 0 Å². The lowest BCUT2D eigenvalue weighted by Crippen LogP contribution is -2.18. The van der Waals surface area contributed by atoms with Crippen LogP contribution in [0.1, 0.15) is 165 Å². The third-order valence-electron chi connectivity index (χ3n) is 8.06. The summed E-state index contributed by atoms with van der Waals surface area (Å²) in [5, 5.41) is 0. The molecule has 0 bridgehead atoms. The number of rotatable bonds is 8. The first-order valence-electron chi connectivity index (χ1n) is 17.5. The van der Waals surface area contributed by atoms with Gasteiger partial charge < -0.3 is 20.9 Å². The predicted molar refractivity (Wildman–Crippen MR) is 206 cm³/mol. The molecule has 0 heterocycles. The molecule has 0 radical (unpaired) electrons. The van der Waals surface area contributed by atoms with Crippen molar-refractivity contribution in [3.8, 4) is 35.2 Å². The number of hydrogen-bond donors (Lipinski definition) is 2. The summed E-state index contributed by atoms with van der Waals surface area (Å²) in [6.07, 6.45) is 0. The van der Waals surface area contributed by atoms with Gasteiger partial charge in [0.05, 0.1) is 24.3 Å². The second-order valence-corrected chi connectivity index (χ2v) is 16.8. The normalized spacial score (nSPS) is 11.9. The van der Waals surface area contributed by atoms with E-state index < -0.39 is 0 Å². The minimum absolute atomic E-state index is 0.0440. The Morgan fingerprint density at radius 1 is 0.479 bits per heavy atom. The maximum absolute atomic E-state index is 6.59. The third-order valence-corrected chi connectivity index (χ3v) is 8.06. The van der Waals surface area contributed by atoms with Gasteiger partial charge in [-0.15, -0.1) is 0 Å². The number of hydrogen-bond acceptors (Lipinski definition) is 4. The molecule has 3 rings (SSSR count). The van der Waals surface area contributed by atoms with Gasteiger partial charge in [-0.1, -0.05) is 121 Å². The number of anilines is 2. The minimum Gasteiger partial charge on any atom is -0.492 e. The third kappa shape index (κ3) is 10.5. The molecule has 3 aromatic rings. The van der Waals surface area contributed by atoms with E-state index in [1.807, 2.05) is 12.1 Å². The number of benzene rings is 3. The summed E-state index contributed by atoms with van der Waals surface area (Å²) in [6, 6.07) is 12.5. The summed E-state index contributed by atoms with van der Waals surface area (Å²) < 4.78 is 13.0. The maximum Gasteiger partial charge on any atom is 0.136 e. The van der Waals surface area contributed by atoms with Crippen LogP contribution in [0.4, 0.5) is 11.4 Å². The van der Waals surface area contributed by atoms with E-state index in [1.54, 1.807) is 0 Å². The Kier molecular flexibility index (Phi) is 12.4. The molecule has 0 unspecified atom stereocenters. The summed E-state index contributed by atoms with van der Waals surface area (Å²) in [7, 11) is 0. The highest BCUT2D eigenvalue weighted by Crippen LogP contribution is 2.34. The molecule has 0 spiro atoms. The van der Waals surface area contributed by atoms with Crippen LogP contribution in [0, 0.1) is 34.5 Å². The molecular weight excluding hydrogens is 588 g/mol. The zero-order valence-electron chi connectivity index (χ0n) is 32.2. The second kappa shape index (κ2) is 15.5. The Labute approximate surface area is 292 Å². The summed E-state index contributed by atoms with van der Waals surface area (Å²) in [5.41, 5.74) is 22.7. The average molecular weight is 649 g/mol. The van der Waals surface area contributed by atoms with Gasteiger partial charge in [-0.05, 0) is 81.0 Å². The number of nitrogens with two attached hydrogens (primary N) is 2. The number of ether oxygens (including phenoxy) is 2. The van der Waals surface area contributed by atoms with Crippen LogP contribution in [0.3, 0.4) is 0 Å². The lowest BCUT2D eigenvalue weighted by molar-refractivity contribution is 0.192. The molecule has 4 nitrogen and oxygen atoms in total. The highest BCUT2D eigenvalue weighted by atomic mass is 16.5. The monoisotopic (exact) mass is 648 g/mol. The van der Waals surface area contributed by atoms with E-state index >= 15 is 0 Å². The van der Waals surface area contributed by atoms with Crippen molar-refractivity contribution in [2.45, 2.75) is 121 Å². The van der Waals surface area contributed by atoms with E-state index in [-0.39, 0.29) is 10.8 Å². The molecule has 0 atom stereocenters. The van der Waals surface area contributed by atoms with Crippen LogP contribution >= 0.6 is 0 Å². The first-order valence-corrected chi connectivity index (χ1v) is 17.5. The molecule has 0 aliphatic carbocycles. The SMILES string of the molecule is CC(C)c1cc(C#Cc2cc(OCC(C)(C)C)c(C#Cc3cc(C(C)C)c(N)c(C(C)C)c3)cc2OCC(C)(C)C)cc(C(C)C)c1N. The standard InChI is InChI=1S/C44H60N2O2/c1-27(2)35-19-31(20-36(28(3)4)41(35)45)15-17-33-23-40(48-26-44(12,13)14)34(24-39(33)47-25-43(9,10)11)18-16-32-21-37(29(5)6)42(46)38(22-32)30(7)8/h19-24,27-30H,25-26,45-46H2,1-14H3. The van der Waals surface area contributed by atoms with E-state index in [9.17, 15) is 0 Å². The molecule has 48 heavy (non-hydrogen) atoms. The molecule has 258 valence electrons. The van der Waals surface area contributed by atoms with Crippen molar-refractivity contribution in [2.75, 3.05) is 24.7 Å². The van der Waals surface area contributed by atoms with Crippen molar-refractivity contribution in [1.82, 2.24) is 0 Å². The van der Waals surface area contributed by atoms with Crippen molar-refractivity contribution >= 4 is 11.4 Å². The summed E-state index contributed by atoms with van der Waals surface area (Å²) in [5.74, 6) is 16.3. The van der Waals surface area contributed by atoms with Gasteiger partial charge in [-0.25, -0.2) is 0 Å². The van der Waals surface area contributed by atoms with Crippen molar-refractivity contribution in [3.05, 3.63) is 80.9 Å². The Balaban J connectivity index is 2.27. The topological polar surface area (TPSA) is 70.5 Å². The molecular formula is C44H60N2O2. The van der Waals surface area contributed by atoms with Crippen LogP contribution < -0.4 is 20.9 Å². The quantitative estimate of drug-likeness (QED) is 0.188. The van der Waals surface area contributed by atoms with Gasteiger partial charge in [0.1, 0.15) is 11.5 Å². The smallest absolute Gasteiger partial charge is 0.136 e. The van der Waals surface area contributed by atoms with Crippen LogP contribution in [0.15, 0.2) is 36.4 Å².